The van der Waals surface area contributed by atoms with E-state index in [9.17, 15) is 18.0 Å². The number of hydrogen-bond acceptors (Lipinski definition) is 4. The van der Waals surface area contributed by atoms with Gasteiger partial charge in [-0.05, 0) is 13.8 Å². The Kier molecular flexibility index (Phi) is 7.00. The van der Waals surface area contributed by atoms with E-state index < -0.39 is 17.3 Å². The number of nitrogens with one attached hydrogen (secondary N) is 3. The zero-order valence-electron chi connectivity index (χ0n) is 14.0. The monoisotopic (exact) mass is 365 g/mol. The molecule has 0 aromatic carbocycles. The third-order valence-corrected chi connectivity index (χ3v) is 4.15. The van der Waals surface area contributed by atoms with Gasteiger partial charge in [0.15, 0.2) is 11.7 Å². The van der Waals surface area contributed by atoms with E-state index in [1.807, 2.05) is 0 Å². The molecule has 136 valence electrons. The number of rotatable bonds is 6. The SMILES string of the molecule is CN=C(NCCc1nc(C(F)(F)F)cs1)NCC(C)(C)C(=O)NC. The van der Waals surface area contributed by atoms with Crippen molar-refractivity contribution in [1.29, 1.82) is 0 Å². The van der Waals surface area contributed by atoms with Crippen molar-refractivity contribution in [3.63, 3.8) is 0 Å². The molecule has 0 unspecified atom stereocenters. The first-order valence-electron chi connectivity index (χ1n) is 7.28. The van der Waals surface area contributed by atoms with Crippen LogP contribution in [0, 0.1) is 5.41 Å². The molecule has 0 fully saturated rings. The summed E-state index contributed by atoms with van der Waals surface area (Å²) in [5, 5.41) is 10.0. The number of thiazole rings is 1. The fourth-order valence-electron chi connectivity index (χ4n) is 1.79. The lowest BCUT2D eigenvalue weighted by Gasteiger charge is -2.24. The molecule has 1 rings (SSSR count). The van der Waals surface area contributed by atoms with Crippen LogP contribution in [0.25, 0.3) is 0 Å². The van der Waals surface area contributed by atoms with Crippen LogP contribution in [-0.2, 0) is 17.4 Å². The van der Waals surface area contributed by atoms with Crippen molar-refractivity contribution in [1.82, 2.24) is 20.9 Å². The number of nitrogens with zero attached hydrogens (tertiary/aromatic N) is 2. The Labute approximate surface area is 143 Å². The summed E-state index contributed by atoms with van der Waals surface area (Å²) in [5.74, 6) is 0.368. The van der Waals surface area contributed by atoms with E-state index in [-0.39, 0.29) is 5.91 Å². The quantitative estimate of drug-likeness (QED) is 0.529. The molecule has 0 saturated heterocycles. The standard InChI is InChI=1S/C14H22F3N5OS/c1-13(2,11(23)18-3)8-21-12(19-4)20-6-5-10-22-9(7-24-10)14(15,16)17/h7H,5-6,8H2,1-4H3,(H,18,23)(H2,19,20,21). The number of guanidine groups is 1. The molecule has 3 N–H and O–H groups in total. The molecule has 0 aliphatic rings. The topological polar surface area (TPSA) is 78.4 Å². The molecule has 0 bridgehead atoms. The number of aliphatic imine (C=N–C) groups is 1. The Hall–Kier alpha value is -1.84. The van der Waals surface area contributed by atoms with E-state index in [1.54, 1.807) is 27.9 Å². The van der Waals surface area contributed by atoms with Crippen LogP contribution in [0.3, 0.4) is 0 Å². The molecule has 0 saturated carbocycles. The fourth-order valence-corrected chi connectivity index (χ4v) is 2.59. The zero-order valence-corrected chi connectivity index (χ0v) is 14.9. The van der Waals surface area contributed by atoms with Crippen molar-refractivity contribution >= 4 is 23.2 Å². The summed E-state index contributed by atoms with van der Waals surface area (Å²) in [6.07, 6.45) is -4.06. The van der Waals surface area contributed by atoms with E-state index in [0.29, 0.717) is 30.5 Å². The van der Waals surface area contributed by atoms with Crippen LogP contribution in [0.1, 0.15) is 24.5 Å². The van der Waals surface area contributed by atoms with Gasteiger partial charge in [0.1, 0.15) is 0 Å². The highest BCUT2D eigenvalue weighted by atomic mass is 32.1. The summed E-state index contributed by atoms with van der Waals surface area (Å²) in [6, 6.07) is 0. The van der Waals surface area contributed by atoms with Crippen molar-refractivity contribution in [3.05, 3.63) is 16.1 Å². The molecule has 1 aromatic heterocycles. The van der Waals surface area contributed by atoms with Crippen LogP contribution >= 0.6 is 11.3 Å². The highest BCUT2D eigenvalue weighted by Gasteiger charge is 2.33. The number of amides is 1. The molecule has 10 heteroatoms. The Morgan fingerprint density at radius 3 is 2.50 bits per heavy atom. The number of hydrogen-bond donors (Lipinski definition) is 3. The van der Waals surface area contributed by atoms with Gasteiger partial charge in [-0.15, -0.1) is 11.3 Å². The van der Waals surface area contributed by atoms with Gasteiger partial charge in [-0.1, -0.05) is 0 Å². The molecule has 0 radical (unpaired) electrons. The minimum absolute atomic E-state index is 0.104. The smallest absolute Gasteiger partial charge is 0.359 e. The number of aromatic nitrogens is 1. The minimum atomic E-state index is -4.41. The average molecular weight is 365 g/mol. The van der Waals surface area contributed by atoms with Gasteiger partial charge in [-0.2, -0.15) is 13.2 Å². The van der Waals surface area contributed by atoms with Crippen molar-refractivity contribution < 1.29 is 18.0 Å². The second kappa shape index (κ2) is 8.32. The average Bonchev–Trinajstić information content (AvgIpc) is 2.98. The van der Waals surface area contributed by atoms with Gasteiger partial charge >= 0.3 is 6.18 Å². The maximum absolute atomic E-state index is 12.5. The number of carbonyl (C=O) groups is 1. The van der Waals surface area contributed by atoms with Gasteiger partial charge in [0.2, 0.25) is 5.91 Å². The van der Waals surface area contributed by atoms with Crippen molar-refractivity contribution in [2.45, 2.75) is 26.4 Å². The predicted octanol–water partition coefficient (Wildman–Crippen LogP) is 1.64. The van der Waals surface area contributed by atoms with E-state index in [2.05, 4.69) is 25.9 Å². The molecule has 1 amide bonds. The molecular weight excluding hydrogens is 343 g/mol. The molecule has 0 atom stereocenters. The van der Waals surface area contributed by atoms with E-state index in [4.69, 9.17) is 0 Å². The predicted molar refractivity (Wildman–Crippen MR) is 88.0 cm³/mol. The normalized spacial score (nSPS) is 12.9. The Morgan fingerprint density at radius 1 is 1.33 bits per heavy atom. The van der Waals surface area contributed by atoms with Gasteiger partial charge < -0.3 is 16.0 Å². The first-order chi connectivity index (χ1) is 11.1. The van der Waals surface area contributed by atoms with Gasteiger partial charge in [0.25, 0.3) is 0 Å². The molecule has 0 aliphatic heterocycles. The van der Waals surface area contributed by atoms with Gasteiger partial charge in [-0.3, -0.25) is 9.79 Å². The van der Waals surface area contributed by atoms with Crippen molar-refractivity contribution in [2.24, 2.45) is 10.4 Å². The summed E-state index contributed by atoms with van der Waals surface area (Å²) in [4.78, 5) is 19.3. The molecule has 1 heterocycles. The Balaban J connectivity index is 2.45. The maximum Gasteiger partial charge on any atom is 0.434 e. The van der Waals surface area contributed by atoms with Crippen LogP contribution in [0.15, 0.2) is 10.4 Å². The first-order valence-corrected chi connectivity index (χ1v) is 8.16. The maximum atomic E-state index is 12.5. The second-order valence-electron chi connectivity index (χ2n) is 5.69. The van der Waals surface area contributed by atoms with Crippen LogP contribution in [-0.4, -0.2) is 44.0 Å². The van der Waals surface area contributed by atoms with Gasteiger partial charge in [0, 0.05) is 39.0 Å². The summed E-state index contributed by atoms with van der Waals surface area (Å²) >= 11 is 0.976. The fraction of sp³-hybridized carbons (Fsp3) is 0.643. The molecule has 6 nitrogen and oxygen atoms in total. The summed E-state index contributed by atoms with van der Waals surface area (Å²) < 4.78 is 37.4. The number of alkyl halides is 3. The van der Waals surface area contributed by atoms with Crippen LogP contribution in [0.4, 0.5) is 13.2 Å². The van der Waals surface area contributed by atoms with Gasteiger partial charge in [0.05, 0.1) is 10.4 Å². The highest BCUT2D eigenvalue weighted by Crippen LogP contribution is 2.29. The number of halogens is 3. The van der Waals surface area contributed by atoms with Crippen LogP contribution in [0.2, 0.25) is 0 Å². The molecule has 24 heavy (non-hydrogen) atoms. The lowest BCUT2D eigenvalue weighted by Crippen LogP contribution is -2.47. The Morgan fingerprint density at radius 2 is 2.00 bits per heavy atom. The highest BCUT2D eigenvalue weighted by molar-refractivity contribution is 7.09. The Bertz CT molecular complexity index is 583. The molecular formula is C14H22F3N5OS. The molecule has 0 aliphatic carbocycles. The molecule has 1 aromatic rings. The van der Waals surface area contributed by atoms with Crippen LogP contribution in [0.5, 0.6) is 0 Å². The second-order valence-corrected chi connectivity index (χ2v) is 6.63. The largest absolute Gasteiger partial charge is 0.434 e. The lowest BCUT2D eigenvalue weighted by atomic mass is 9.92. The minimum Gasteiger partial charge on any atom is -0.359 e. The van der Waals surface area contributed by atoms with Crippen molar-refractivity contribution in [2.75, 3.05) is 27.2 Å². The summed E-state index contributed by atoms with van der Waals surface area (Å²) in [6.45, 7) is 4.33. The van der Waals surface area contributed by atoms with E-state index in [0.717, 1.165) is 16.7 Å². The number of carbonyl (C=O) groups excluding carboxylic acids is 1. The third kappa shape index (κ3) is 5.99. The van der Waals surface area contributed by atoms with E-state index >= 15 is 0 Å². The van der Waals surface area contributed by atoms with Crippen LogP contribution < -0.4 is 16.0 Å². The first kappa shape index (κ1) is 20.2. The lowest BCUT2D eigenvalue weighted by molar-refractivity contribution is -0.140. The van der Waals surface area contributed by atoms with Crippen molar-refractivity contribution in [3.8, 4) is 0 Å². The van der Waals surface area contributed by atoms with E-state index in [1.165, 1.54) is 0 Å². The zero-order chi connectivity index (χ0) is 18.4. The molecule has 0 spiro atoms. The third-order valence-electron chi connectivity index (χ3n) is 3.24. The summed E-state index contributed by atoms with van der Waals surface area (Å²) in [7, 11) is 3.15. The summed E-state index contributed by atoms with van der Waals surface area (Å²) in [5.41, 5.74) is -1.49. The van der Waals surface area contributed by atoms with Gasteiger partial charge in [-0.25, -0.2) is 4.98 Å².